The molecule has 0 spiro atoms. The van der Waals surface area contributed by atoms with E-state index >= 15 is 0 Å². The molecule has 2 aliphatic carbocycles. The molecule has 7 aromatic rings. The minimum absolute atomic E-state index is 0.0872. The number of hydrogen-bond acceptors (Lipinski definition) is 1. The summed E-state index contributed by atoms with van der Waals surface area (Å²) < 4.78 is 0. The van der Waals surface area contributed by atoms with Crippen LogP contribution in [0.5, 0.6) is 0 Å². The Bertz CT molecular complexity index is 2460. The average Bonchev–Trinajstić information content (AvgIpc) is 3.54. The summed E-state index contributed by atoms with van der Waals surface area (Å²) in [6.07, 6.45) is 1.90. The van der Waals surface area contributed by atoms with Crippen LogP contribution in [0.2, 0.25) is 0 Å². The second kappa shape index (κ2) is 11.6. The maximum atomic E-state index is 3.92. The summed E-state index contributed by atoms with van der Waals surface area (Å²) in [6, 6.07) is 58.4. The second-order valence-corrected chi connectivity index (χ2v) is 15.1. The highest BCUT2D eigenvalue weighted by Crippen LogP contribution is 2.53. The average molecular weight is 656 g/mol. The standard InChI is InChI=1S/C50H41N/c1-6-33-16-18-36(19-17-33)37-22-27-42-44-29-26-40(32-48(44)50(4,5)46(42)30-37)51(38-23-20-35(21-24-38)34-12-8-7-9-13-34)39-25-28-43-41-14-10-11-15-45(41)49(2,3)47(43)31-39/h6-32H,1H2,2-5H3. The van der Waals surface area contributed by atoms with E-state index < -0.39 is 0 Å². The molecule has 0 heterocycles. The maximum absolute atomic E-state index is 3.92. The largest absolute Gasteiger partial charge is 0.310 e. The lowest BCUT2D eigenvalue weighted by molar-refractivity contribution is 0.660. The zero-order chi connectivity index (χ0) is 34.9. The van der Waals surface area contributed by atoms with Crippen molar-refractivity contribution in [3.63, 3.8) is 0 Å². The molecule has 0 aromatic heterocycles. The first-order valence-corrected chi connectivity index (χ1v) is 18.0. The molecule has 0 saturated heterocycles. The smallest absolute Gasteiger partial charge is 0.0465 e. The van der Waals surface area contributed by atoms with E-state index in [-0.39, 0.29) is 10.8 Å². The topological polar surface area (TPSA) is 3.24 Å². The third kappa shape index (κ3) is 4.91. The fourth-order valence-electron chi connectivity index (χ4n) is 8.57. The zero-order valence-electron chi connectivity index (χ0n) is 29.7. The highest BCUT2D eigenvalue weighted by molar-refractivity contribution is 5.89. The molecule has 51 heavy (non-hydrogen) atoms. The van der Waals surface area contributed by atoms with Crippen LogP contribution < -0.4 is 4.90 Å². The molecule has 0 atom stereocenters. The molecular formula is C50H41N. The molecule has 0 amide bonds. The Morgan fingerprint density at radius 1 is 0.392 bits per heavy atom. The van der Waals surface area contributed by atoms with Crippen LogP contribution in [0.3, 0.4) is 0 Å². The highest BCUT2D eigenvalue weighted by atomic mass is 15.1. The van der Waals surface area contributed by atoms with Crippen molar-refractivity contribution in [3.8, 4) is 44.5 Å². The third-order valence-electron chi connectivity index (χ3n) is 11.5. The molecule has 2 aliphatic rings. The fraction of sp³-hybridized carbons (Fsp3) is 0.120. The van der Waals surface area contributed by atoms with E-state index in [9.17, 15) is 0 Å². The number of anilines is 3. The molecule has 0 N–H and O–H groups in total. The molecule has 0 bridgehead atoms. The number of benzene rings is 7. The van der Waals surface area contributed by atoms with Crippen molar-refractivity contribution in [2.24, 2.45) is 0 Å². The Labute approximate surface area is 302 Å². The van der Waals surface area contributed by atoms with Gasteiger partial charge < -0.3 is 4.90 Å². The second-order valence-electron chi connectivity index (χ2n) is 15.1. The van der Waals surface area contributed by atoms with E-state index in [1.165, 1.54) is 72.4 Å². The maximum Gasteiger partial charge on any atom is 0.0465 e. The van der Waals surface area contributed by atoms with Gasteiger partial charge in [-0.05, 0) is 115 Å². The van der Waals surface area contributed by atoms with Gasteiger partial charge in [-0.3, -0.25) is 0 Å². The third-order valence-corrected chi connectivity index (χ3v) is 11.5. The molecule has 0 fully saturated rings. The van der Waals surface area contributed by atoms with Gasteiger partial charge in [0.1, 0.15) is 0 Å². The Morgan fingerprint density at radius 2 is 0.824 bits per heavy atom. The first-order chi connectivity index (χ1) is 24.7. The lowest BCUT2D eigenvalue weighted by Gasteiger charge is -2.30. The van der Waals surface area contributed by atoms with Crippen molar-refractivity contribution in [3.05, 3.63) is 192 Å². The van der Waals surface area contributed by atoms with E-state index in [2.05, 4.69) is 197 Å². The van der Waals surface area contributed by atoms with Crippen molar-refractivity contribution < 1.29 is 0 Å². The van der Waals surface area contributed by atoms with Gasteiger partial charge in [0.25, 0.3) is 0 Å². The summed E-state index contributed by atoms with van der Waals surface area (Å²) >= 11 is 0. The molecule has 246 valence electrons. The van der Waals surface area contributed by atoms with Crippen molar-refractivity contribution in [2.75, 3.05) is 4.90 Å². The molecule has 0 saturated carbocycles. The number of nitrogens with zero attached hydrogens (tertiary/aromatic N) is 1. The van der Waals surface area contributed by atoms with Crippen molar-refractivity contribution in [2.45, 2.75) is 38.5 Å². The minimum Gasteiger partial charge on any atom is -0.310 e. The highest BCUT2D eigenvalue weighted by Gasteiger charge is 2.38. The van der Waals surface area contributed by atoms with Crippen molar-refractivity contribution in [1.29, 1.82) is 0 Å². The number of rotatable bonds is 6. The number of hydrogen-bond donors (Lipinski definition) is 0. The first kappa shape index (κ1) is 31.1. The predicted molar refractivity (Wildman–Crippen MR) is 217 cm³/mol. The van der Waals surface area contributed by atoms with Gasteiger partial charge >= 0.3 is 0 Å². The fourth-order valence-corrected chi connectivity index (χ4v) is 8.57. The summed E-state index contributed by atoms with van der Waals surface area (Å²) in [7, 11) is 0. The molecular weight excluding hydrogens is 615 g/mol. The normalized spacial score (nSPS) is 14.3. The Morgan fingerprint density at radius 3 is 1.45 bits per heavy atom. The molecule has 9 rings (SSSR count). The van der Waals surface area contributed by atoms with Gasteiger partial charge in [0.05, 0.1) is 0 Å². The Kier molecular flexibility index (Phi) is 7.05. The van der Waals surface area contributed by atoms with E-state index in [4.69, 9.17) is 0 Å². The van der Waals surface area contributed by atoms with Gasteiger partial charge in [-0.15, -0.1) is 0 Å². The van der Waals surface area contributed by atoms with Crippen molar-refractivity contribution in [1.82, 2.24) is 0 Å². The van der Waals surface area contributed by atoms with Crippen LogP contribution in [0.1, 0.15) is 55.5 Å². The van der Waals surface area contributed by atoms with Crippen LogP contribution in [-0.2, 0) is 10.8 Å². The molecule has 0 unspecified atom stereocenters. The summed E-state index contributed by atoms with van der Waals surface area (Å²) in [5.41, 5.74) is 20.1. The van der Waals surface area contributed by atoms with Crippen molar-refractivity contribution >= 4 is 23.1 Å². The van der Waals surface area contributed by atoms with E-state index in [0.29, 0.717) is 0 Å². The van der Waals surface area contributed by atoms with Gasteiger partial charge in [0.15, 0.2) is 0 Å². The quantitative estimate of drug-likeness (QED) is 0.172. The first-order valence-electron chi connectivity index (χ1n) is 18.0. The van der Waals surface area contributed by atoms with E-state index in [1.807, 2.05) is 6.08 Å². The van der Waals surface area contributed by atoms with Crippen LogP contribution in [0.25, 0.3) is 50.6 Å². The lowest BCUT2D eigenvalue weighted by Crippen LogP contribution is -2.18. The van der Waals surface area contributed by atoms with Crippen LogP contribution in [0.15, 0.2) is 164 Å². The monoisotopic (exact) mass is 655 g/mol. The van der Waals surface area contributed by atoms with E-state index in [0.717, 1.165) is 16.9 Å². The molecule has 7 aromatic carbocycles. The van der Waals surface area contributed by atoms with Gasteiger partial charge in [0, 0.05) is 27.9 Å². The summed E-state index contributed by atoms with van der Waals surface area (Å²) in [5, 5.41) is 0. The minimum atomic E-state index is -0.165. The Balaban J connectivity index is 1.16. The molecule has 0 radical (unpaired) electrons. The van der Waals surface area contributed by atoms with Gasteiger partial charge in [-0.1, -0.05) is 156 Å². The van der Waals surface area contributed by atoms with Crippen LogP contribution in [-0.4, -0.2) is 0 Å². The van der Waals surface area contributed by atoms with E-state index in [1.54, 1.807) is 0 Å². The lowest BCUT2D eigenvalue weighted by atomic mass is 9.81. The predicted octanol–water partition coefficient (Wildman–Crippen LogP) is 13.7. The summed E-state index contributed by atoms with van der Waals surface area (Å²) in [4.78, 5) is 2.44. The zero-order valence-corrected chi connectivity index (χ0v) is 29.7. The van der Waals surface area contributed by atoms with Crippen LogP contribution >= 0.6 is 0 Å². The number of fused-ring (bicyclic) bond motifs is 6. The summed E-state index contributed by atoms with van der Waals surface area (Å²) in [5.74, 6) is 0. The van der Waals surface area contributed by atoms with Gasteiger partial charge in [0.2, 0.25) is 0 Å². The van der Waals surface area contributed by atoms with Gasteiger partial charge in [-0.2, -0.15) is 0 Å². The van der Waals surface area contributed by atoms with Crippen LogP contribution in [0, 0.1) is 0 Å². The molecule has 1 nitrogen and oxygen atoms in total. The Hall–Kier alpha value is -5.92. The van der Waals surface area contributed by atoms with Gasteiger partial charge in [-0.25, -0.2) is 0 Å². The SMILES string of the molecule is C=Cc1ccc(-c2ccc3c(c2)C(C)(C)c2cc(N(c4ccc(-c5ccccc5)cc4)c4ccc5c(c4)C(C)(C)c4ccccc4-5)ccc2-3)cc1. The summed E-state index contributed by atoms with van der Waals surface area (Å²) in [6.45, 7) is 13.4. The molecule has 1 heteroatoms. The molecule has 0 aliphatic heterocycles. The van der Waals surface area contributed by atoms with Crippen LogP contribution in [0.4, 0.5) is 17.1 Å².